The molecule has 6 nitrogen and oxygen atoms in total. The van der Waals surface area contributed by atoms with E-state index in [2.05, 4.69) is 15.6 Å². The van der Waals surface area contributed by atoms with Crippen LogP contribution in [0.15, 0.2) is 18.3 Å². The minimum Gasteiger partial charge on any atom is -0.374 e. The van der Waals surface area contributed by atoms with Crippen molar-refractivity contribution in [2.75, 3.05) is 12.4 Å². The third-order valence-corrected chi connectivity index (χ3v) is 2.04. The predicted octanol–water partition coefficient (Wildman–Crippen LogP) is -0.273. The van der Waals surface area contributed by atoms with Crippen LogP contribution in [0.4, 0.5) is 5.69 Å². The second-order valence-electron chi connectivity index (χ2n) is 3.27. The highest BCUT2D eigenvalue weighted by atomic mass is 16.2. The van der Waals surface area contributed by atoms with Crippen LogP contribution in [0.1, 0.15) is 17.4 Å². The molecule has 2 amide bonds. The zero-order valence-electron chi connectivity index (χ0n) is 9.15. The number of hydrogen-bond donors (Lipinski definition) is 3. The lowest BCUT2D eigenvalue weighted by molar-refractivity contribution is -0.121. The molecule has 0 spiro atoms. The van der Waals surface area contributed by atoms with Gasteiger partial charge in [-0.3, -0.25) is 14.6 Å². The van der Waals surface area contributed by atoms with Crippen LogP contribution in [0.2, 0.25) is 0 Å². The molecule has 0 aliphatic heterocycles. The van der Waals surface area contributed by atoms with Gasteiger partial charge < -0.3 is 16.4 Å². The number of carbonyl (C=O) groups is 2. The summed E-state index contributed by atoms with van der Waals surface area (Å²) in [6.07, 6.45) is 1.46. The number of amides is 2. The molecule has 0 aliphatic carbocycles. The molecule has 0 saturated carbocycles. The van der Waals surface area contributed by atoms with E-state index < -0.39 is 11.9 Å². The van der Waals surface area contributed by atoms with E-state index in [1.54, 1.807) is 20.0 Å². The number of aromatic nitrogens is 1. The van der Waals surface area contributed by atoms with E-state index in [0.29, 0.717) is 5.69 Å². The molecular formula is C10H14N4O2. The third kappa shape index (κ3) is 2.94. The van der Waals surface area contributed by atoms with Crippen LogP contribution in [0.25, 0.3) is 0 Å². The Bertz CT molecular complexity index is 406. The molecule has 4 N–H and O–H groups in total. The van der Waals surface area contributed by atoms with Crippen LogP contribution in [0.3, 0.4) is 0 Å². The van der Waals surface area contributed by atoms with E-state index in [1.165, 1.54) is 12.3 Å². The van der Waals surface area contributed by atoms with Crippen molar-refractivity contribution in [3.8, 4) is 0 Å². The number of pyridine rings is 1. The van der Waals surface area contributed by atoms with Crippen molar-refractivity contribution in [2.45, 2.75) is 13.0 Å². The van der Waals surface area contributed by atoms with Crippen molar-refractivity contribution in [2.24, 2.45) is 5.73 Å². The monoisotopic (exact) mass is 222 g/mol. The Morgan fingerprint density at radius 3 is 2.75 bits per heavy atom. The number of nitrogens with two attached hydrogens (primary N) is 1. The van der Waals surface area contributed by atoms with E-state index in [-0.39, 0.29) is 11.6 Å². The summed E-state index contributed by atoms with van der Waals surface area (Å²) in [7, 11) is 1.56. The smallest absolute Gasteiger partial charge is 0.267 e. The SMILES string of the molecule is CNC(=O)C(C)Nc1ccnc(C(N)=O)c1. The molecule has 0 aromatic carbocycles. The first-order valence-corrected chi connectivity index (χ1v) is 4.78. The standard InChI is InChI=1S/C10H14N4O2/c1-6(10(16)12-2)14-7-3-4-13-8(5-7)9(11)15/h3-6H,1-2H3,(H2,11,15)(H,12,16)(H,13,14). The summed E-state index contributed by atoms with van der Waals surface area (Å²) in [4.78, 5) is 25.9. The summed E-state index contributed by atoms with van der Waals surface area (Å²) in [5, 5.41) is 5.44. The second-order valence-corrected chi connectivity index (χ2v) is 3.27. The van der Waals surface area contributed by atoms with Gasteiger partial charge >= 0.3 is 0 Å². The van der Waals surface area contributed by atoms with Gasteiger partial charge in [-0.05, 0) is 19.1 Å². The van der Waals surface area contributed by atoms with Crippen LogP contribution < -0.4 is 16.4 Å². The predicted molar refractivity (Wildman–Crippen MR) is 59.9 cm³/mol. The minimum atomic E-state index is -0.601. The van der Waals surface area contributed by atoms with Gasteiger partial charge in [0.05, 0.1) is 0 Å². The molecular weight excluding hydrogens is 208 g/mol. The van der Waals surface area contributed by atoms with Crippen LogP contribution >= 0.6 is 0 Å². The van der Waals surface area contributed by atoms with Gasteiger partial charge in [0.1, 0.15) is 11.7 Å². The molecule has 0 saturated heterocycles. The number of primary amides is 1. The maximum atomic E-state index is 11.3. The number of likely N-dealkylation sites (N-methyl/N-ethyl adjacent to an activating group) is 1. The van der Waals surface area contributed by atoms with Crippen molar-refractivity contribution < 1.29 is 9.59 Å². The fourth-order valence-electron chi connectivity index (χ4n) is 1.19. The zero-order chi connectivity index (χ0) is 12.1. The summed E-state index contributed by atoms with van der Waals surface area (Å²) in [6, 6.07) is 2.77. The van der Waals surface area contributed by atoms with Crippen molar-refractivity contribution in [3.63, 3.8) is 0 Å². The fourth-order valence-corrected chi connectivity index (χ4v) is 1.19. The maximum absolute atomic E-state index is 11.3. The Labute approximate surface area is 93.2 Å². The number of anilines is 1. The number of hydrogen-bond acceptors (Lipinski definition) is 4. The van der Waals surface area contributed by atoms with E-state index >= 15 is 0 Å². The quantitative estimate of drug-likeness (QED) is 0.653. The van der Waals surface area contributed by atoms with E-state index in [1.807, 2.05) is 0 Å². The lowest BCUT2D eigenvalue weighted by Gasteiger charge is -2.13. The minimum absolute atomic E-state index is 0.141. The van der Waals surface area contributed by atoms with Crippen LogP contribution in [-0.4, -0.2) is 29.9 Å². The Balaban J connectivity index is 2.78. The zero-order valence-corrected chi connectivity index (χ0v) is 9.15. The van der Waals surface area contributed by atoms with Gasteiger partial charge in [-0.15, -0.1) is 0 Å². The molecule has 0 bridgehead atoms. The molecule has 0 radical (unpaired) electrons. The molecule has 0 aliphatic rings. The Morgan fingerprint density at radius 1 is 1.50 bits per heavy atom. The van der Waals surface area contributed by atoms with E-state index in [9.17, 15) is 9.59 Å². The van der Waals surface area contributed by atoms with Crippen LogP contribution in [0, 0.1) is 0 Å². The number of nitrogens with zero attached hydrogens (tertiary/aromatic N) is 1. The highest BCUT2D eigenvalue weighted by Crippen LogP contribution is 2.09. The first kappa shape index (κ1) is 12.0. The number of nitrogens with one attached hydrogen (secondary N) is 2. The number of rotatable bonds is 4. The van der Waals surface area contributed by atoms with E-state index in [4.69, 9.17) is 5.73 Å². The lowest BCUT2D eigenvalue weighted by Crippen LogP contribution is -2.35. The molecule has 16 heavy (non-hydrogen) atoms. The second kappa shape index (κ2) is 5.11. The molecule has 1 rings (SSSR count). The molecule has 1 aromatic rings. The molecule has 86 valence electrons. The van der Waals surface area contributed by atoms with E-state index in [0.717, 1.165) is 0 Å². The summed E-state index contributed by atoms with van der Waals surface area (Å²) in [5.74, 6) is -0.742. The fraction of sp³-hybridized carbons (Fsp3) is 0.300. The lowest BCUT2D eigenvalue weighted by atomic mass is 10.2. The van der Waals surface area contributed by atoms with Gasteiger partial charge in [0.25, 0.3) is 5.91 Å². The highest BCUT2D eigenvalue weighted by molar-refractivity contribution is 5.92. The molecule has 1 heterocycles. The normalized spacial score (nSPS) is 11.6. The summed E-state index contributed by atoms with van der Waals surface area (Å²) >= 11 is 0. The first-order valence-electron chi connectivity index (χ1n) is 4.78. The molecule has 1 aromatic heterocycles. The molecule has 1 unspecified atom stereocenters. The molecule has 1 atom stereocenters. The topological polar surface area (TPSA) is 97.1 Å². The van der Waals surface area contributed by atoms with Crippen molar-refractivity contribution >= 4 is 17.5 Å². The Kier molecular flexibility index (Phi) is 3.82. The van der Waals surface area contributed by atoms with Gasteiger partial charge in [0, 0.05) is 18.9 Å². The van der Waals surface area contributed by atoms with Gasteiger partial charge in [-0.2, -0.15) is 0 Å². The van der Waals surface area contributed by atoms with Gasteiger partial charge in [-0.25, -0.2) is 0 Å². The molecule has 6 heteroatoms. The highest BCUT2D eigenvalue weighted by Gasteiger charge is 2.11. The third-order valence-electron chi connectivity index (χ3n) is 2.04. The summed E-state index contributed by atoms with van der Waals surface area (Å²) < 4.78 is 0. The summed E-state index contributed by atoms with van der Waals surface area (Å²) in [5.41, 5.74) is 5.88. The van der Waals surface area contributed by atoms with Gasteiger partial charge in [0.15, 0.2) is 0 Å². The van der Waals surface area contributed by atoms with Crippen LogP contribution in [-0.2, 0) is 4.79 Å². The van der Waals surface area contributed by atoms with Gasteiger partial charge in [-0.1, -0.05) is 0 Å². The maximum Gasteiger partial charge on any atom is 0.267 e. The van der Waals surface area contributed by atoms with Crippen LogP contribution in [0.5, 0.6) is 0 Å². The van der Waals surface area contributed by atoms with Crippen molar-refractivity contribution in [1.82, 2.24) is 10.3 Å². The van der Waals surface area contributed by atoms with Crippen molar-refractivity contribution in [3.05, 3.63) is 24.0 Å². The average molecular weight is 222 g/mol. The van der Waals surface area contributed by atoms with Gasteiger partial charge in [0.2, 0.25) is 5.91 Å². The largest absolute Gasteiger partial charge is 0.374 e. The Hall–Kier alpha value is -2.11. The summed E-state index contributed by atoms with van der Waals surface area (Å²) in [6.45, 7) is 1.71. The first-order chi connectivity index (χ1) is 7.54. The molecule has 0 fully saturated rings. The van der Waals surface area contributed by atoms with Crippen molar-refractivity contribution in [1.29, 1.82) is 0 Å². The number of carbonyl (C=O) groups excluding carboxylic acids is 2. The average Bonchev–Trinajstić information content (AvgIpc) is 2.28. The Morgan fingerprint density at radius 2 is 2.19 bits per heavy atom.